The topological polar surface area (TPSA) is 49.4 Å². The summed E-state index contributed by atoms with van der Waals surface area (Å²) in [6, 6.07) is 8.29. The summed E-state index contributed by atoms with van der Waals surface area (Å²) in [4.78, 5) is 27.5. The fraction of sp³-hybridized carbons (Fsp3) is 0.636. The first-order chi connectivity index (χ1) is 12.3. The minimum atomic E-state index is -0.364. The summed E-state index contributed by atoms with van der Waals surface area (Å²) in [5, 5.41) is 3.15. The third-order valence-corrected chi connectivity index (χ3v) is 5.97. The number of ketones is 1. The molecule has 0 spiro atoms. The molecule has 0 aliphatic carbocycles. The number of nitrogens with one attached hydrogen (secondary N) is 1. The number of amides is 1. The molecule has 1 fully saturated rings. The highest BCUT2D eigenvalue weighted by Crippen LogP contribution is 2.37. The molecule has 4 heteroatoms. The van der Waals surface area contributed by atoms with Crippen LogP contribution in [0.4, 0.5) is 0 Å². The van der Waals surface area contributed by atoms with Crippen LogP contribution in [0.15, 0.2) is 24.3 Å². The fourth-order valence-corrected chi connectivity index (χ4v) is 4.40. The number of likely N-dealkylation sites (tertiary alicyclic amines) is 1. The molecular formula is C22H34N2O2. The van der Waals surface area contributed by atoms with Gasteiger partial charge in [-0.1, -0.05) is 64.8 Å². The van der Waals surface area contributed by atoms with Crippen LogP contribution in [0.5, 0.6) is 0 Å². The van der Waals surface area contributed by atoms with Gasteiger partial charge in [-0.15, -0.1) is 0 Å². The SMILES string of the molecule is CCC(CC)C(C)(C)C(=O)C1CC(=O)N(Cc2cccc(CNC)c2)C1. The summed E-state index contributed by atoms with van der Waals surface area (Å²) in [6.07, 6.45) is 2.36. The number of benzene rings is 1. The standard InChI is InChI=1S/C22H34N2O2/c1-6-19(7-2)22(3,4)21(26)18-12-20(25)24(15-18)14-17-10-8-9-16(11-17)13-23-5/h8-11,18-19,23H,6-7,12-15H2,1-5H3. The van der Waals surface area contributed by atoms with Gasteiger partial charge in [0.25, 0.3) is 0 Å². The molecule has 144 valence electrons. The zero-order chi connectivity index (χ0) is 19.3. The van der Waals surface area contributed by atoms with Gasteiger partial charge in [0.1, 0.15) is 5.78 Å². The van der Waals surface area contributed by atoms with Crippen molar-refractivity contribution < 1.29 is 9.59 Å². The molecule has 0 radical (unpaired) electrons. The number of hydrogen-bond donors (Lipinski definition) is 1. The van der Waals surface area contributed by atoms with Crippen molar-refractivity contribution in [2.45, 2.75) is 60.0 Å². The van der Waals surface area contributed by atoms with Crippen molar-refractivity contribution in [1.29, 1.82) is 0 Å². The molecule has 0 aromatic heterocycles. The van der Waals surface area contributed by atoms with Gasteiger partial charge in [-0.3, -0.25) is 9.59 Å². The van der Waals surface area contributed by atoms with Crippen molar-refractivity contribution in [1.82, 2.24) is 10.2 Å². The summed E-state index contributed by atoms with van der Waals surface area (Å²) in [5.41, 5.74) is 1.97. The van der Waals surface area contributed by atoms with Gasteiger partial charge in [0, 0.05) is 37.4 Å². The summed E-state index contributed by atoms with van der Waals surface area (Å²) < 4.78 is 0. The predicted molar refractivity (Wildman–Crippen MR) is 106 cm³/mol. The Morgan fingerprint density at radius 3 is 2.54 bits per heavy atom. The second-order valence-electron chi connectivity index (χ2n) is 8.12. The second kappa shape index (κ2) is 8.81. The lowest BCUT2D eigenvalue weighted by molar-refractivity contribution is -0.134. The first-order valence-electron chi connectivity index (χ1n) is 9.87. The highest BCUT2D eigenvalue weighted by Gasteiger charge is 2.43. The van der Waals surface area contributed by atoms with E-state index < -0.39 is 0 Å². The normalized spacial score (nSPS) is 18.0. The highest BCUT2D eigenvalue weighted by molar-refractivity contribution is 5.93. The predicted octanol–water partition coefficient (Wildman–Crippen LogP) is 3.79. The number of nitrogens with zero attached hydrogens (tertiary/aromatic N) is 1. The Kier molecular flexibility index (Phi) is 6.99. The Balaban J connectivity index is 2.06. The van der Waals surface area contributed by atoms with Crippen molar-refractivity contribution >= 4 is 11.7 Å². The van der Waals surface area contributed by atoms with Gasteiger partial charge < -0.3 is 10.2 Å². The van der Waals surface area contributed by atoms with E-state index in [2.05, 4.69) is 51.2 Å². The van der Waals surface area contributed by atoms with Crippen LogP contribution in [0.1, 0.15) is 58.1 Å². The van der Waals surface area contributed by atoms with E-state index in [1.54, 1.807) is 0 Å². The third-order valence-electron chi connectivity index (χ3n) is 5.97. The molecule has 1 aliphatic heterocycles. The van der Waals surface area contributed by atoms with Crippen LogP contribution in [0.25, 0.3) is 0 Å². The van der Waals surface area contributed by atoms with Crippen molar-refractivity contribution in [3.05, 3.63) is 35.4 Å². The minimum Gasteiger partial charge on any atom is -0.338 e. The van der Waals surface area contributed by atoms with E-state index in [0.717, 1.165) is 24.9 Å². The van der Waals surface area contributed by atoms with Crippen LogP contribution in [-0.4, -0.2) is 30.2 Å². The molecule has 0 bridgehead atoms. The molecule has 1 aromatic carbocycles. The van der Waals surface area contributed by atoms with Gasteiger partial charge in [0.2, 0.25) is 5.91 Å². The number of rotatable bonds is 9. The lowest BCUT2D eigenvalue weighted by atomic mass is 9.69. The summed E-state index contributed by atoms with van der Waals surface area (Å²) in [7, 11) is 1.93. The van der Waals surface area contributed by atoms with Gasteiger partial charge in [-0.2, -0.15) is 0 Å². The first kappa shape index (κ1) is 20.6. The van der Waals surface area contributed by atoms with Crippen molar-refractivity contribution in [3.8, 4) is 0 Å². The fourth-order valence-electron chi connectivity index (χ4n) is 4.40. The van der Waals surface area contributed by atoms with E-state index in [9.17, 15) is 9.59 Å². The van der Waals surface area contributed by atoms with Crippen LogP contribution in [-0.2, 0) is 22.7 Å². The molecule has 1 aromatic rings. The lowest BCUT2D eigenvalue weighted by Gasteiger charge is -2.33. The Morgan fingerprint density at radius 1 is 1.27 bits per heavy atom. The van der Waals surface area contributed by atoms with Gasteiger partial charge in [-0.05, 0) is 24.1 Å². The highest BCUT2D eigenvalue weighted by atomic mass is 16.2. The molecule has 2 rings (SSSR count). The molecule has 1 aliphatic rings. The Hall–Kier alpha value is -1.68. The maximum Gasteiger partial charge on any atom is 0.223 e. The van der Waals surface area contributed by atoms with Crippen LogP contribution in [0.3, 0.4) is 0 Å². The zero-order valence-corrected chi connectivity index (χ0v) is 17.0. The number of Topliss-reactive ketones (excluding diaryl/α,β-unsaturated/α-hetero) is 1. The molecule has 4 nitrogen and oxygen atoms in total. The number of carbonyl (C=O) groups excluding carboxylic acids is 2. The first-order valence-corrected chi connectivity index (χ1v) is 9.87. The maximum atomic E-state index is 13.1. The van der Waals surface area contributed by atoms with Crippen LogP contribution in [0.2, 0.25) is 0 Å². The smallest absolute Gasteiger partial charge is 0.223 e. The molecule has 1 atom stereocenters. The second-order valence-corrected chi connectivity index (χ2v) is 8.12. The van der Waals surface area contributed by atoms with E-state index in [4.69, 9.17) is 0 Å². The van der Waals surface area contributed by atoms with Crippen LogP contribution in [0, 0.1) is 17.3 Å². The molecule has 1 unspecified atom stereocenters. The van der Waals surface area contributed by atoms with E-state index in [1.165, 1.54) is 5.56 Å². The number of carbonyl (C=O) groups is 2. The monoisotopic (exact) mass is 358 g/mol. The third kappa shape index (κ3) is 4.53. The molecule has 1 saturated heterocycles. The van der Waals surface area contributed by atoms with Crippen LogP contribution >= 0.6 is 0 Å². The summed E-state index contributed by atoms with van der Waals surface area (Å²) >= 11 is 0. The van der Waals surface area contributed by atoms with E-state index >= 15 is 0 Å². The Labute approximate surface area is 158 Å². The van der Waals surface area contributed by atoms with Gasteiger partial charge in [0.05, 0.1) is 0 Å². The van der Waals surface area contributed by atoms with Crippen molar-refractivity contribution in [2.75, 3.05) is 13.6 Å². The zero-order valence-electron chi connectivity index (χ0n) is 17.0. The van der Waals surface area contributed by atoms with Gasteiger partial charge >= 0.3 is 0 Å². The van der Waals surface area contributed by atoms with Gasteiger partial charge in [-0.25, -0.2) is 0 Å². The minimum absolute atomic E-state index is 0.0997. The quantitative estimate of drug-likeness (QED) is 0.731. The van der Waals surface area contributed by atoms with Gasteiger partial charge in [0.15, 0.2) is 0 Å². The average Bonchev–Trinajstić information content (AvgIpc) is 2.96. The van der Waals surface area contributed by atoms with E-state index in [1.807, 2.05) is 18.0 Å². The van der Waals surface area contributed by atoms with E-state index in [-0.39, 0.29) is 23.0 Å². The Morgan fingerprint density at radius 2 is 1.92 bits per heavy atom. The lowest BCUT2D eigenvalue weighted by Crippen LogP contribution is -2.38. The summed E-state index contributed by atoms with van der Waals surface area (Å²) in [6.45, 7) is 10.4. The largest absolute Gasteiger partial charge is 0.338 e. The average molecular weight is 359 g/mol. The Bertz CT molecular complexity index is 635. The van der Waals surface area contributed by atoms with Crippen molar-refractivity contribution in [3.63, 3.8) is 0 Å². The van der Waals surface area contributed by atoms with Crippen molar-refractivity contribution in [2.24, 2.45) is 17.3 Å². The summed E-state index contributed by atoms with van der Waals surface area (Å²) in [5.74, 6) is 0.560. The molecule has 1 amide bonds. The molecular weight excluding hydrogens is 324 g/mol. The molecule has 1 N–H and O–H groups in total. The molecule has 0 saturated carbocycles. The molecule has 1 heterocycles. The molecule has 26 heavy (non-hydrogen) atoms. The maximum absolute atomic E-state index is 13.1. The van der Waals surface area contributed by atoms with E-state index in [0.29, 0.717) is 25.4 Å². The number of hydrogen-bond acceptors (Lipinski definition) is 3. The van der Waals surface area contributed by atoms with Crippen LogP contribution < -0.4 is 5.32 Å².